The summed E-state index contributed by atoms with van der Waals surface area (Å²) in [6, 6.07) is 2.70. The van der Waals surface area contributed by atoms with E-state index >= 15 is 0 Å². The third-order valence-corrected chi connectivity index (χ3v) is 6.00. The first-order valence-corrected chi connectivity index (χ1v) is 10.3. The second-order valence-electron chi connectivity index (χ2n) is 8.37. The monoisotopic (exact) mass is 348 g/mol. The van der Waals surface area contributed by atoms with Gasteiger partial charge in [-0.3, -0.25) is 14.9 Å². The van der Waals surface area contributed by atoms with E-state index in [-0.39, 0.29) is 0 Å². The molecule has 5 nitrogen and oxygen atoms in total. The molecule has 1 atom stereocenters. The second kappa shape index (κ2) is 9.15. The van der Waals surface area contributed by atoms with Crippen molar-refractivity contribution in [1.82, 2.24) is 20.0 Å². The Balaban J connectivity index is 1.54. The Morgan fingerprint density at radius 3 is 2.72 bits per heavy atom. The van der Waals surface area contributed by atoms with Gasteiger partial charge in [-0.05, 0) is 37.2 Å². The van der Waals surface area contributed by atoms with Crippen molar-refractivity contribution in [2.45, 2.75) is 70.9 Å². The highest BCUT2D eigenvalue weighted by Gasteiger charge is 2.29. The molecule has 1 aromatic rings. The maximum atomic E-state index is 9.52. The predicted octanol–water partition coefficient (Wildman–Crippen LogP) is 2.98. The molecular weight excluding hydrogens is 312 g/mol. The van der Waals surface area contributed by atoms with Crippen molar-refractivity contribution in [3.8, 4) is 0 Å². The van der Waals surface area contributed by atoms with Crippen LogP contribution in [0.15, 0.2) is 6.07 Å². The van der Waals surface area contributed by atoms with Crippen LogP contribution in [0.2, 0.25) is 0 Å². The molecular formula is C20H36N4O. The van der Waals surface area contributed by atoms with Crippen LogP contribution < -0.4 is 0 Å². The van der Waals surface area contributed by atoms with Gasteiger partial charge in [-0.1, -0.05) is 33.1 Å². The first-order chi connectivity index (χ1) is 12.2. The first kappa shape index (κ1) is 18.9. The van der Waals surface area contributed by atoms with Crippen LogP contribution in [-0.2, 0) is 6.54 Å². The zero-order valence-corrected chi connectivity index (χ0v) is 16.1. The molecule has 2 aliphatic rings. The van der Waals surface area contributed by atoms with Gasteiger partial charge in [0.05, 0.1) is 5.69 Å². The number of aliphatic hydroxyl groups excluding tert-OH is 1. The predicted molar refractivity (Wildman–Crippen MR) is 102 cm³/mol. The summed E-state index contributed by atoms with van der Waals surface area (Å²) in [6.07, 6.45) is 7.94. The molecule has 0 spiro atoms. The van der Waals surface area contributed by atoms with Crippen LogP contribution >= 0.6 is 0 Å². The molecule has 1 saturated carbocycles. The molecule has 0 bridgehead atoms. The largest absolute Gasteiger partial charge is 0.396 e. The molecule has 2 N–H and O–H groups in total. The number of piperazine rings is 1. The summed E-state index contributed by atoms with van der Waals surface area (Å²) in [4.78, 5) is 5.19. The fraction of sp³-hybridized carbons (Fsp3) is 0.850. The van der Waals surface area contributed by atoms with Gasteiger partial charge in [-0.15, -0.1) is 0 Å². The minimum Gasteiger partial charge on any atom is -0.396 e. The van der Waals surface area contributed by atoms with Crippen molar-refractivity contribution in [2.24, 2.45) is 5.92 Å². The van der Waals surface area contributed by atoms with Crippen LogP contribution in [-0.4, -0.2) is 63.9 Å². The van der Waals surface area contributed by atoms with E-state index in [9.17, 15) is 5.11 Å². The number of rotatable bonds is 7. The summed E-state index contributed by atoms with van der Waals surface area (Å²) >= 11 is 0. The van der Waals surface area contributed by atoms with E-state index < -0.39 is 0 Å². The van der Waals surface area contributed by atoms with E-state index in [1.54, 1.807) is 0 Å². The van der Waals surface area contributed by atoms with E-state index in [0.29, 0.717) is 18.6 Å². The fourth-order valence-corrected chi connectivity index (χ4v) is 4.46. The Kier molecular flexibility index (Phi) is 6.91. The Labute approximate surface area is 152 Å². The minimum absolute atomic E-state index is 0.293. The average Bonchev–Trinajstić information content (AvgIpc) is 3.07. The van der Waals surface area contributed by atoms with E-state index in [2.05, 4.69) is 39.9 Å². The molecule has 0 unspecified atom stereocenters. The lowest BCUT2D eigenvalue weighted by Crippen LogP contribution is -2.54. The van der Waals surface area contributed by atoms with Crippen molar-refractivity contribution in [3.63, 3.8) is 0 Å². The van der Waals surface area contributed by atoms with Gasteiger partial charge in [-0.2, -0.15) is 5.10 Å². The zero-order valence-electron chi connectivity index (χ0n) is 16.1. The summed E-state index contributed by atoms with van der Waals surface area (Å²) in [5.41, 5.74) is 2.37. The second-order valence-corrected chi connectivity index (χ2v) is 8.37. The SMILES string of the molecule is CC(C)c1cc(CN2CCN(CC3CCCCC3)[C@H](CCO)C2)[nH]n1. The quantitative estimate of drug-likeness (QED) is 0.795. The number of hydrogen-bond donors (Lipinski definition) is 2. The lowest BCUT2D eigenvalue weighted by Gasteiger charge is -2.43. The smallest absolute Gasteiger partial charge is 0.0650 e. The highest BCUT2D eigenvalue weighted by molar-refractivity contribution is 5.12. The zero-order chi connectivity index (χ0) is 17.6. The number of H-pyrrole nitrogens is 1. The number of nitrogens with one attached hydrogen (secondary N) is 1. The molecule has 5 heteroatoms. The van der Waals surface area contributed by atoms with Crippen LogP contribution in [0.1, 0.15) is 69.7 Å². The highest BCUT2D eigenvalue weighted by atomic mass is 16.3. The van der Waals surface area contributed by atoms with Crippen molar-refractivity contribution >= 4 is 0 Å². The molecule has 0 amide bonds. The van der Waals surface area contributed by atoms with Gasteiger partial charge in [0.1, 0.15) is 0 Å². The number of hydrogen-bond acceptors (Lipinski definition) is 4. The Morgan fingerprint density at radius 2 is 2.04 bits per heavy atom. The van der Waals surface area contributed by atoms with Gasteiger partial charge in [0.25, 0.3) is 0 Å². The van der Waals surface area contributed by atoms with Crippen molar-refractivity contribution in [2.75, 3.05) is 32.8 Å². The number of aliphatic hydroxyl groups is 1. The lowest BCUT2D eigenvalue weighted by molar-refractivity contribution is 0.0395. The van der Waals surface area contributed by atoms with Crippen LogP contribution in [0, 0.1) is 5.92 Å². The van der Waals surface area contributed by atoms with Crippen LogP contribution in [0.4, 0.5) is 0 Å². The van der Waals surface area contributed by atoms with Gasteiger partial charge < -0.3 is 5.11 Å². The third-order valence-electron chi connectivity index (χ3n) is 6.00. The summed E-state index contributed by atoms with van der Waals surface area (Å²) in [7, 11) is 0. The number of nitrogens with zero attached hydrogens (tertiary/aromatic N) is 3. The highest BCUT2D eigenvalue weighted by Crippen LogP contribution is 2.26. The van der Waals surface area contributed by atoms with Gasteiger partial charge in [-0.25, -0.2) is 0 Å². The molecule has 3 rings (SSSR count). The summed E-state index contributed by atoms with van der Waals surface area (Å²) in [6.45, 7) is 10.1. The molecule has 1 aliphatic heterocycles. The average molecular weight is 349 g/mol. The normalized spacial score (nSPS) is 24.2. The van der Waals surface area contributed by atoms with Gasteiger partial charge >= 0.3 is 0 Å². The molecule has 1 saturated heterocycles. The molecule has 2 fully saturated rings. The molecule has 0 aromatic carbocycles. The Morgan fingerprint density at radius 1 is 1.24 bits per heavy atom. The third kappa shape index (κ3) is 5.28. The van der Waals surface area contributed by atoms with Crippen molar-refractivity contribution < 1.29 is 5.11 Å². The Hall–Kier alpha value is -0.910. The van der Waals surface area contributed by atoms with Gasteiger partial charge in [0.2, 0.25) is 0 Å². The molecule has 25 heavy (non-hydrogen) atoms. The molecule has 1 aromatic heterocycles. The maximum absolute atomic E-state index is 9.52. The first-order valence-electron chi connectivity index (χ1n) is 10.3. The summed E-state index contributed by atoms with van der Waals surface area (Å²) in [5, 5.41) is 17.2. The number of aromatic nitrogens is 2. The van der Waals surface area contributed by atoms with Crippen LogP contribution in [0.3, 0.4) is 0 Å². The lowest BCUT2D eigenvalue weighted by atomic mass is 9.88. The molecule has 2 heterocycles. The van der Waals surface area contributed by atoms with Crippen LogP contribution in [0.25, 0.3) is 0 Å². The minimum atomic E-state index is 0.293. The maximum Gasteiger partial charge on any atom is 0.0650 e. The number of aromatic amines is 1. The fourth-order valence-electron chi connectivity index (χ4n) is 4.46. The van der Waals surface area contributed by atoms with E-state index in [4.69, 9.17) is 0 Å². The van der Waals surface area contributed by atoms with E-state index in [1.807, 2.05) is 0 Å². The summed E-state index contributed by atoms with van der Waals surface area (Å²) in [5.74, 6) is 1.35. The standard InChI is InChI=1S/C20H36N4O/c1-16(2)20-12-18(21-22-20)14-23-9-10-24(19(15-23)8-11-25)13-17-6-4-3-5-7-17/h12,16-17,19,25H,3-11,13-15H2,1-2H3,(H,21,22)/t19-/m1/s1. The molecule has 0 radical (unpaired) electrons. The van der Waals surface area contributed by atoms with Gasteiger partial charge in [0.15, 0.2) is 0 Å². The van der Waals surface area contributed by atoms with Crippen molar-refractivity contribution in [3.05, 3.63) is 17.5 Å². The Bertz CT molecular complexity index is 510. The van der Waals surface area contributed by atoms with E-state index in [0.717, 1.165) is 44.2 Å². The van der Waals surface area contributed by atoms with Gasteiger partial charge in [0, 0.05) is 51.1 Å². The molecule has 142 valence electrons. The van der Waals surface area contributed by atoms with Crippen LogP contribution in [0.5, 0.6) is 0 Å². The summed E-state index contributed by atoms with van der Waals surface area (Å²) < 4.78 is 0. The molecule has 1 aliphatic carbocycles. The topological polar surface area (TPSA) is 55.4 Å². The van der Waals surface area contributed by atoms with Crippen molar-refractivity contribution in [1.29, 1.82) is 0 Å². The van der Waals surface area contributed by atoms with E-state index in [1.165, 1.54) is 44.3 Å².